The summed E-state index contributed by atoms with van der Waals surface area (Å²) in [5, 5.41) is -0.187. The van der Waals surface area contributed by atoms with Crippen LogP contribution >= 0.6 is 46.6 Å². The van der Waals surface area contributed by atoms with E-state index in [2.05, 4.69) is 0 Å². The van der Waals surface area contributed by atoms with Crippen LogP contribution in [0.3, 0.4) is 0 Å². The zero-order valence-electron chi connectivity index (χ0n) is 10.2. The largest absolute Gasteiger partial charge is 0.460 e. The second-order valence-electron chi connectivity index (χ2n) is 5.01. The van der Waals surface area contributed by atoms with Gasteiger partial charge in [0.2, 0.25) is 9.70 Å². The minimum atomic E-state index is -1.67. The first-order valence-corrected chi connectivity index (χ1v) is 7.55. The van der Waals surface area contributed by atoms with Gasteiger partial charge >= 0.3 is 5.97 Å². The summed E-state index contributed by atoms with van der Waals surface area (Å²) >= 11 is 18.1. The van der Waals surface area contributed by atoms with Gasteiger partial charge in [0.1, 0.15) is 24.1 Å². The van der Waals surface area contributed by atoms with Crippen LogP contribution in [0.1, 0.15) is 13.8 Å². The van der Waals surface area contributed by atoms with E-state index in [0.29, 0.717) is 0 Å². The number of esters is 1. The number of carbonyl (C=O) groups excluding carboxylic acids is 2. The number of rotatable bonds is 2. The first-order chi connectivity index (χ1) is 8.54. The Bertz CT molecular complexity index is 427. The number of fused-ring (bicyclic) bond motifs is 1. The second kappa shape index (κ2) is 4.84. The summed E-state index contributed by atoms with van der Waals surface area (Å²) in [5.74, 6) is -0.828. The molecular formula is C10H13Cl3N2O3S. The quantitative estimate of drug-likeness (QED) is 0.463. The monoisotopic (exact) mass is 346 g/mol. The molecule has 0 aromatic carbocycles. The van der Waals surface area contributed by atoms with E-state index >= 15 is 0 Å². The molecule has 0 saturated carbocycles. The first kappa shape index (κ1) is 15.5. The number of thioether (sulfide) groups is 1. The summed E-state index contributed by atoms with van der Waals surface area (Å²) in [4.78, 5) is 25.3. The third kappa shape index (κ3) is 2.78. The topological polar surface area (TPSA) is 72.6 Å². The fourth-order valence-corrected chi connectivity index (χ4v) is 3.98. The molecule has 5 nitrogen and oxygen atoms in total. The number of hydrogen-bond acceptors (Lipinski definition) is 5. The van der Waals surface area contributed by atoms with Gasteiger partial charge in [0.05, 0.1) is 0 Å². The average Bonchev–Trinajstić information content (AvgIpc) is 2.53. The Morgan fingerprint density at radius 1 is 1.53 bits per heavy atom. The van der Waals surface area contributed by atoms with Crippen molar-refractivity contribution in [2.45, 2.75) is 39.8 Å². The molecule has 1 amide bonds. The summed E-state index contributed by atoms with van der Waals surface area (Å²) in [5.41, 5.74) is 5.71. The second-order valence-corrected chi connectivity index (χ2v) is 9.30. The molecule has 0 aromatic rings. The van der Waals surface area contributed by atoms with E-state index in [1.807, 2.05) is 13.8 Å². The number of halogens is 3. The molecular weight excluding hydrogens is 335 g/mol. The number of carbonyl (C=O) groups is 2. The van der Waals surface area contributed by atoms with Gasteiger partial charge in [-0.25, -0.2) is 4.79 Å². The molecule has 0 bridgehead atoms. The van der Waals surface area contributed by atoms with Gasteiger partial charge < -0.3 is 15.4 Å². The first-order valence-electron chi connectivity index (χ1n) is 5.53. The fourth-order valence-electron chi connectivity index (χ4n) is 2.25. The number of β-lactam (4-membered cyclic amide) rings is 1. The number of nitrogens with two attached hydrogens (primary N) is 1. The van der Waals surface area contributed by atoms with Gasteiger partial charge in [0.15, 0.2) is 0 Å². The maximum atomic E-state index is 12.1. The third-order valence-corrected chi connectivity index (χ3v) is 5.00. The highest BCUT2D eigenvalue weighted by atomic mass is 35.6. The van der Waals surface area contributed by atoms with Gasteiger partial charge in [-0.05, 0) is 13.8 Å². The van der Waals surface area contributed by atoms with Crippen molar-refractivity contribution in [3.8, 4) is 0 Å². The number of alkyl halides is 3. The van der Waals surface area contributed by atoms with Crippen molar-refractivity contribution in [1.29, 1.82) is 0 Å². The molecule has 19 heavy (non-hydrogen) atoms. The molecule has 2 rings (SSSR count). The van der Waals surface area contributed by atoms with Gasteiger partial charge in [0, 0.05) is 4.75 Å². The molecule has 0 radical (unpaired) electrons. The Labute approximate surface area is 130 Å². The predicted octanol–water partition coefficient (Wildman–Crippen LogP) is 1.29. The van der Waals surface area contributed by atoms with Gasteiger partial charge in [-0.2, -0.15) is 0 Å². The van der Waals surface area contributed by atoms with Crippen molar-refractivity contribution >= 4 is 58.4 Å². The van der Waals surface area contributed by atoms with Crippen LogP contribution in [0.25, 0.3) is 0 Å². The molecule has 2 aliphatic rings. The molecule has 0 aliphatic carbocycles. The lowest BCUT2D eigenvalue weighted by Gasteiger charge is -2.41. The van der Waals surface area contributed by atoms with Crippen molar-refractivity contribution in [3.63, 3.8) is 0 Å². The average molecular weight is 348 g/mol. The van der Waals surface area contributed by atoms with Crippen LogP contribution in [-0.2, 0) is 14.3 Å². The zero-order chi connectivity index (χ0) is 14.6. The molecule has 2 N–H and O–H groups in total. The Morgan fingerprint density at radius 2 is 2.11 bits per heavy atom. The number of hydrogen-bond donors (Lipinski definition) is 1. The summed E-state index contributed by atoms with van der Waals surface area (Å²) in [6.45, 7) is 3.36. The molecule has 2 fully saturated rings. The molecule has 0 aromatic heterocycles. The Kier molecular flexibility index (Phi) is 3.95. The lowest BCUT2D eigenvalue weighted by molar-refractivity contribution is -0.162. The normalized spacial score (nSPS) is 32.8. The van der Waals surface area contributed by atoms with Gasteiger partial charge in [-0.3, -0.25) is 4.79 Å². The molecule has 2 saturated heterocycles. The van der Waals surface area contributed by atoms with Crippen LogP contribution in [0.15, 0.2) is 0 Å². The smallest absolute Gasteiger partial charge is 0.330 e. The highest BCUT2D eigenvalue weighted by molar-refractivity contribution is 8.01. The maximum Gasteiger partial charge on any atom is 0.330 e. The van der Waals surface area contributed by atoms with E-state index in [1.165, 1.54) is 16.7 Å². The lowest BCUT2D eigenvalue weighted by atomic mass is 9.96. The van der Waals surface area contributed by atoms with Crippen LogP contribution < -0.4 is 5.73 Å². The van der Waals surface area contributed by atoms with Crippen molar-refractivity contribution < 1.29 is 14.3 Å². The molecule has 2 heterocycles. The van der Waals surface area contributed by atoms with Crippen molar-refractivity contribution in [2.24, 2.45) is 5.73 Å². The highest BCUT2D eigenvalue weighted by Crippen LogP contribution is 2.50. The molecule has 2 aliphatic heterocycles. The fraction of sp³-hybridized carbons (Fsp3) is 0.800. The Morgan fingerprint density at radius 3 is 2.63 bits per heavy atom. The van der Waals surface area contributed by atoms with E-state index in [1.54, 1.807) is 0 Å². The number of ether oxygens (including phenoxy) is 1. The zero-order valence-corrected chi connectivity index (χ0v) is 13.3. The summed E-state index contributed by atoms with van der Waals surface area (Å²) in [6.07, 6.45) is 0. The van der Waals surface area contributed by atoms with Crippen LogP contribution in [0.4, 0.5) is 0 Å². The minimum Gasteiger partial charge on any atom is -0.460 e. The SMILES string of the molecule is CC1(C)S[C@@H]2C(N)C(=O)N2[C@H]1C(=O)OCC(Cl)(Cl)Cl. The van der Waals surface area contributed by atoms with Crippen molar-refractivity contribution in [3.05, 3.63) is 0 Å². The van der Waals surface area contributed by atoms with Crippen LogP contribution in [0.5, 0.6) is 0 Å². The van der Waals surface area contributed by atoms with Gasteiger partial charge in [-0.1, -0.05) is 34.8 Å². The molecule has 3 atom stereocenters. The summed E-state index contributed by atoms with van der Waals surface area (Å²) < 4.78 is 2.83. The molecule has 9 heteroatoms. The Balaban J connectivity index is 2.10. The van der Waals surface area contributed by atoms with Gasteiger partial charge in [0.25, 0.3) is 0 Å². The van der Waals surface area contributed by atoms with Gasteiger partial charge in [-0.15, -0.1) is 11.8 Å². The van der Waals surface area contributed by atoms with Crippen molar-refractivity contribution in [2.75, 3.05) is 6.61 Å². The van der Waals surface area contributed by atoms with E-state index < -0.39 is 26.6 Å². The minimum absolute atomic E-state index is 0.187. The number of nitrogens with zero attached hydrogens (tertiary/aromatic N) is 1. The maximum absolute atomic E-state index is 12.1. The van der Waals surface area contributed by atoms with E-state index in [0.717, 1.165) is 0 Å². The lowest BCUT2D eigenvalue weighted by Crippen LogP contribution is -2.68. The number of amides is 1. The summed E-state index contributed by atoms with van der Waals surface area (Å²) in [7, 11) is 0. The van der Waals surface area contributed by atoms with Crippen LogP contribution in [0, 0.1) is 0 Å². The van der Waals surface area contributed by atoms with Crippen LogP contribution in [0.2, 0.25) is 0 Å². The highest BCUT2D eigenvalue weighted by Gasteiger charge is 2.63. The third-order valence-electron chi connectivity index (χ3n) is 3.08. The van der Waals surface area contributed by atoms with Crippen molar-refractivity contribution in [1.82, 2.24) is 4.90 Å². The van der Waals surface area contributed by atoms with Crippen LogP contribution in [-0.4, -0.2) is 49.4 Å². The standard InChI is InChI=1S/C10H13Cl3N2O3S/c1-9(2)5(8(17)18-3-10(11,12)13)15-6(16)4(14)7(15)19-9/h4-5,7H,3,14H2,1-2H3/t4?,5-,7+/m0/s1. The molecule has 0 spiro atoms. The van der Waals surface area contributed by atoms with E-state index in [9.17, 15) is 9.59 Å². The van der Waals surface area contributed by atoms with E-state index in [-0.39, 0.29) is 17.9 Å². The predicted molar refractivity (Wildman–Crippen MR) is 75.3 cm³/mol. The molecule has 108 valence electrons. The molecule has 1 unspecified atom stereocenters. The summed E-state index contributed by atoms with van der Waals surface area (Å²) in [6, 6.07) is -1.27. The van der Waals surface area contributed by atoms with E-state index in [4.69, 9.17) is 45.3 Å². The Hall–Kier alpha value is 0.120.